The van der Waals surface area contributed by atoms with E-state index in [1.807, 2.05) is 0 Å². The van der Waals surface area contributed by atoms with Crippen LogP contribution < -0.4 is 10.0 Å². The maximum absolute atomic E-state index is 11.7. The molecule has 0 aliphatic heterocycles. The van der Waals surface area contributed by atoms with Gasteiger partial charge in [-0.25, -0.2) is 13.1 Å². The summed E-state index contributed by atoms with van der Waals surface area (Å²) in [5, 5.41) is 11.2. The van der Waals surface area contributed by atoms with Crippen molar-refractivity contribution in [1.82, 2.24) is 4.72 Å². The Kier molecular flexibility index (Phi) is 7.66. The molecule has 1 amide bonds. The summed E-state index contributed by atoms with van der Waals surface area (Å²) < 4.78 is 30.2. The van der Waals surface area contributed by atoms with Crippen molar-refractivity contribution in [2.24, 2.45) is 0 Å². The molecule has 0 spiro atoms. The second-order valence-corrected chi connectivity index (χ2v) is 6.73. The zero-order chi connectivity index (χ0) is 17.3. The molecular formula is C14H20N2O6S. The molecule has 0 aromatic heterocycles. The first kappa shape index (κ1) is 19.1. The van der Waals surface area contributed by atoms with E-state index in [0.717, 1.165) is 0 Å². The molecule has 9 heteroatoms. The quantitative estimate of drug-likeness (QED) is 0.522. The topological polar surface area (TPSA) is 122 Å². The molecule has 0 saturated heterocycles. The van der Waals surface area contributed by atoms with Crippen LogP contribution >= 0.6 is 0 Å². The third-order valence-electron chi connectivity index (χ3n) is 2.78. The number of carbonyl (C=O) groups excluding carboxylic acids is 1. The normalized spacial score (nSPS) is 11.2. The van der Waals surface area contributed by atoms with Gasteiger partial charge in [-0.2, -0.15) is 0 Å². The lowest BCUT2D eigenvalue weighted by atomic mass is 10.1. The number of anilines is 1. The second-order valence-electron chi connectivity index (χ2n) is 4.81. The predicted molar refractivity (Wildman–Crippen MR) is 84.7 cm³/mol. The highest BCUT2D eigenvalue weighted by molar-refractivity contribution is 7.89. The van der Waals surface area contributed by atoms with E-state index in [4.69, 9.17) is 9.84 Å². The zero-order valence-electron chi connectivity index (χ0n) is 12.7. The third kappa shape index (κ3) is 8.29. The number of aliphatic carboxylic acids is 1. The number of amides is 1. The number of hydrogen-bond donors (Lipinski definition) is 3. The van der Waals surface area contributed by atoms with E-state index in [9.17, 15) is 18.0 Å². The van der Waals surface area contributed by atoms with E-state index in [1.54, 1.807) is 18.2 Å². The first-order valence-electron chi connectivity index (χ1n) is 6.89. The molecule has 0 aliphatic carbocycles. The van der Waals surface area contributed by atoms with E-state index in [2.05, 4.69) is 10.0 Å². The van der Waals surface area contributed by atoms with Gasteiger partial charge in [0.05, 0.1) is 18.7 Å². The standard InChI is InChI=1S/C14H20N2O6S/c1-22-6-3-7-23(20,21)15-10-13(17)16-12-5-2-4-11(8-12)9-14(18)19/h2,4-5,8,15H,3,6-7,9-10H2,1H3,(H,16,17)(H,18,19). The average Bonchev–Trinajstić information content (AvgIpc) is 2.45. The first-order valence-corrected chi connectivity index (χ1v) is 8.54. The van der Waals surface area contributed by atoms with E-state index < -0.39 is 28.4 Å². The third-order valence-corrected chi connectivity index (χ3v) is 4.19. The molecule has 0 fully saturated rings. The molecule has 0 atom stereocenters. The number of nitrogens with one attached hydrogen (secondary N) is 2. The number of hydrogen-bond acceptors (Lipinski definition) is 5. The maximum Gasteiger partial charge on any atom is 0.307 e. The summed E-state index contributed by atoms with van der Waals surface area (Å²) in [4.78, 5) is 22.4. The van der Waals surface area contributed by atoms with Gasteiger partial charge in [0.2, 0.25) is 15.9 Å². The molecule has 128 valence electrons. The predicted octanol–water partition coefficient (Wildman–Crippen LogP) is 0.208. The molecule has 0 saturated carbocycles. The number of carbonyl (C=O) groups is 2. The minimum atomic E-state index is -3.53. The maximum atomic E-state index is 11.7. The van der Waals surface area contributed by atoms with Crippen LogP contribution in [0.25, 0.3) is 0 Å². The lowest BCUT2D eigenvalue weighted by Crippen LogP contribution is -2.34. The Balaban J connectivity index is 2.49. The van der Waals surface area contributed by atoms with Crippen LogP contribution in [0.2, 0.25) is 0 Å². The van der Waals surface area contributed by atoms with Gasteiger partial charge in [-0.3, -0.25) is 9.59 Å². The van der Waals surface area contributed by atoms with Crippen molar-refractivity contribution in [3.05, 3.63) is 29.8 Å². The second kappa shape index (κ2) is 9.23. The van der Waals surface area contributed by atoms with Crippen LogP contribution in [0.4, 0.5) is 5.69 Å². The van der Waals surface area contributed by atoms with Crippen molar-refractivity contribution in [2.75, 3.05) is 31.3 Å². The van der Waals surface area contributed by atoms with Crippen LogP contribution in [0.1, 0.15) is 12.0 Å². The minimum absolute atomic E-state index is 0.123. The van der Waals surface area contributed by atoms with Crippen molar-refractivity contribution in [3.8, 4) is 0 Å². The van der Waals surface area contributed by atoms with Gasteiger partial charge in [0, 0.05) is 19.4 Å². The largest absolute Gasteiger partial charge is 0.481 e. The summed E-state index contributed by atoms with van der Waals surface area (Å²) in [6.07, 6.45) is 0.181. The Morgan fingerprint density at radius 2 is 2.04 bits per heavy atom. The Hall–Kier alpha value is -1.97. The van der Waals surface area contributed by atoms with Gasteiger partial charge in [-0.15, -0.1) is 0 Å². The fraction of sp³-hybridized carbons (Fsp3) is 0.429. The lowest BCUT2D eigenvalue weighted by Gasteiger charge is -2.08. The van der Waals surface area contributed by atoms with Crippen LogP contribution in [0.5, 0.6) is 0 Å². The molecule has 3 N–H and O–H groups in total. The summed E-state index contributed by atoms with van der Waals surface area (Å²) >= 11 is 0. The molecule has 0 aliphatic rings. The number of carboxylic acid groups (broad SMARTS) is 1. The fourth-order valence-corrected chi connectivity index (χ4v) is 2.77. The van der Waals surface area contributed by atoms with Crippen LogP contribution in [0, 0.1) is 0 Å². The molecule has 1 aromatic rings. The van der Waals surface area contributed by atoms with Crippen LogP contribution in [0.15, 0.2) is 24.3 Å². The molecule has 23 heavy (non-hydrogen) atoms. The zero-order valence-corrected chi connectivity index (χ0v) is 13.6. The number of carboxylic acids is 1. The van der Waals surface area contributed by atoms with Crippen LogP contribution in [-0.2, 0) is 30.8 Å². The molecule has 0 radical (unpaired) electrons. The highest BCUT2D eigenvalue weighted by Gasteiger charge is 2.12. The Morgan fingerprint density at radius 1 is 1.30 bits per heavy atom. The Labute approximate surface area is 134 Å². The van der Waals surface area contributed by atoms with E-state index in [-0.39, 0.29) is 12.2 Å². The Morgan fingerprint density at radius 3 is 2.70 bits per heavy atom. The number of benzene rings is 1. The molecule has 8 nitrogen and oxygen atoms in total. The van der Waals surface area contributed by atoms with Gasteiger partial charge >= 0.3 is 5.97 Å². The van der Waals surface area contributed by atoms with Gasteiger partial charge in [0.1, 0.15) is 0 Å². The van der Waals surface area contributed by atoms with Gasteiger partial charge in [-0.05, 0) is 24.1 Å². The monoisotopic (exact) mass is 344 g/mol. The Bertz CT molecular complexity index is 644. The summed E-state index contributed by atoms with van der Waals surface area (Å²) in [6.45, 7) is -0.0675. The van der Waals surface area contributed by atoms with Crippen LogP contribution in [0.3, 0.4) is 0 Å². The molecule has 0 unspecified atom stereocenters. The molecular weight excluding hydrogens is 324 g/mol. The van der Waals surface area contributed by atoms with E-state index >= 15 is 0 Å². The SMILES string of the molecule is COCCCS(=O)(=O)NCC(=O)Nc1cccc(CC(=O)O)c1. The average molecular weight is 344 g/mol. The molecule has 0 bridgehead atoms. The van der Waals surface area contributed by atoms with Crippen molar-refractivity contribution in [3.63, 3.8) is 0 Å². The van der Waals surface area contributed by atoms with Crippen molar-refractivity contribution in [1.29, 1.82) is 0 Å². The summed E-state index contributed by atoms with van der Waals surface area (Å²) in [5.74, 6) is -1.63. The molecule has 0 heterocycles. The van der Waals surface area contributed by atoms with Crippen molar-refractivity contribution in [2.45, 2.75) is 12.8 Å². The highest BCUT2D eigenvalue weighted by atomic mass is 32.2. The molecule has 1 rings (SSSR count). The number of sulfonamides is 1. The van der Waals surface area contributed by atoms with Gasteiger partial charge < -0.3 is 15.2 Å². The van der Waals surface area contributed by atoms with E-state index in [1.165, 1.54) is 13.2 Å². The smallest absolute Gasteiger partial charge is 0.307 e. The molecule has 1 aromatic carbocycles. The number of methoxy groups -OCH3 is 1. The summed E-state index contributed by atoms with van der Waals surface area (Å²) in [7, 11) is -2.06. The minimum Gasteiger partial charge on any atom is -0.481 e. The van der Waals surface area contributed by atoms with Crippen molar-refractivity contribution >= 4 is 27.6 Å². The van der Waals surface area contributed by atoms with Gasteiger partial charge in [-0.1, -0.05) is 12.1 Å². The van der Waals surface area contributed by atoms with E-state index in [0.29, 0.717) is 24.3 Å². The van der Waals surface area contributed by atoms with Gasteiger partial charge in [0.15, 0.2) is 0 Å². The number of rotatable bonds is 10. The first-order chi connectivity index (χ1) is 10.8. The summed E-state index contributed by atoms with van der Waals surface area (Å²) in [5.41, 5.74) is 0.947. The van der Waals surface area contributed by atoms with Gasteiger partial charge in [0.25, 0.3) is 0 Å². The van der Waals surface area contributed by atoms with Crippen LogP contribution in [-0.4, -0.2) is 51.4 Å². The summed E-state index contributed by atoms with van der Waals surface area (Å²) in [6, 6.07) is 6.36. The fourth-order valence-electron chi connectivity index (χ4n) is 1.78. The van der Waals surface area contributed by atoms with Crippen molar-refractivity contribution < 1.29 is 27.9 Å². The lowest BCUT2D eigenvalue weighted by molar-refractivity contribution is -0.136. The number of ether oxygens (including phenoxy) is 1. The highest BCUT2D eigenvalue weighted by Crippen LogP contribution is 2.11.